The second-order valence-electron chi connectivity index (χ2n) is 4.77. The molecule has 0 spiro atoms. The lowest BCUT2D eigenvalue weighted by Gasteiger charge is -2.25. The van der Waals surface area contributed by atoms with Gasteiger partial charge in [0.15, 0.2) is 0 Å². The van der Waals surface area contributed by atoms with Crippen LogP contribution in [0.15, 0.2) is 71.9 Å². The van der Waals surface area contributed by atoms with Crippen molar-refractivity contribution in [2.24, 2.45) is 4.99 Å². The average molecular weight is 332 g/mol. The first-order valence-corrected chi connectivity index (χ1v) is 6.86. The van der Waals surface area contributed by atoms with Crippen molar-refractivity contribution in [2.45, 2.75) is 0 Å². The summed E-state index contributed by atoms with van der Waals surface area (Å²) in [5, 5.41) is 1.86. The van der Waals surface area contributed by atoms with Crippen molar-refractivity contribution in [3.63, 3.8) is 0 Å². The quantitative estimate of drug-likeness (QED) is 0.917. The molecule has 3 rings (SSSR count). The number of halogens is 2. The Labute approximate surface area is 139 Å². The lowest BCUT2D eigenvalue weighted by atomic mass is 10.2. The van der Waals surface area contributed by atoms with E-state index in [0.29, 0.717) is 17.8 Å². The predicted octanol–water partition coefficient (Wildman–Crippen LogP) is 3.37. The minimum Gasteiger partial charge on any atom is -0.284 e. The molecule has 0 aromatic heterocycles. The Morgan fingerprint density at radius 1 is 1.09 bits per heavy atom. The highest BCUT2D eigenvalue weighted by molar-refractivity contribution is 6.09. The third-order valence-corrected chi connectivity index (χ3v) is 3.22. The van der Waals surface area contributed by atoms with E-state index in [0.717, 1.165) is 5.69 Å². The fraction of sp³-hybridized carbons (Fsp3) is 0.0588. The number of anilines is 1. The maximum absolute atomic E-state index is 12.8. The standard InChI is InChI=1S/C17H14FN3O.ClH/c18-14-8-6-13(7-9-14)17(22)20-15-10-11-21(19-12-15)16-4-2-1-3-5-16;/h1-11,19H,12H2;1H. The van der Waals surface area contributed by atoms with Crippen LogP contribution in [0.5, 0.6) is 0 Å². The zero-order valence-corrected chi connectivity index (χ0v) is 13.0. The molecule has 0 radical (unpaired) electrons. The van der Waals surface area contributed by atoms with Crippen LogP contribution in [0.3, 0.4) is 0 Å². The third kappa shape index (κ3) is 4.25. The summed E-state index contributed by atoms with van der Waals surface area (Å²) in [7, 11) is 0. The van der Waals surface area contributed by atoms with Gasteiger partial charge >= 0.3 is 0 Å². The number of hydrogen-bond donors (Lipinski definition) is 1. The second kappa shape index (κ2) is 7.67. The minimum absolute atomic E-state index is 0. The molecule has 1 heterocycles. The molecule has 6 heteroatoms. The molecule has 0 atom stereocenters. The van der Waals surface area contributed by atoms with E-state index in [4.69, 9.17) is 0 Å². The minimum atomic E-state index is -0.380. The molecular weight excluding hydrogens is 317 g/mol. The van der Waals surface area contributed by atoms with Gasteiger partial charge in [-0.3, -0.25) is 9.80 Å². The first-order valence-electron chi connectivity index (χ1n) is 6.86. The summed E-state index contributed by atoms with van der Waals surface area (Å²) in [5.41, 5.74) is 5.15. The average Bonchev–Trinajstić information content (AvgIpc) is 2.57. The number of para-hydroxylation sites is 1. The van der Waals surface area contributed by atoms with E-state index in [2.05, 4.69) is 10.4 Å². The molecule has 0 saturated heterocycles. The van der Waals surface area contributed by atoms with Crippen LogP contribution in [-0.2, 0) is 0 Å². The van der Waals surface area contributed by atoms with Crippen molar-refractivity contribution in [1.29, 1.82) is 0 Å². The number of carbonyl (C=O) groups excluding carboxylic acids is 1. The summed E-state index contributed by atoms with van der Waals surface area (Å²) in [6.07, 6.45) is 3.60. The van der Waals surface area contributed by atoms with E-state index >= 15 is 0 Å². The number of amides is 1. The Bertz CT molecular complexity index is 729. The van der Waals surface area contributed by atoms with Gasteiger partial charge in [0, 0.05) is 11.8 Å². The van der Waals surface area contributed by atoms with Crippen molar-refractivity contribution in [3.8, 4) is 0 Å². The molecule has 1 aliphatic heterocycles. The van der Waals surface area contributed by atoms with Crippen LogP contribution in [-0.4, -0.2) is 18.2 Å². The van der Waals surface area contributed by atoms with Gasteiger partial charge in [0.2, 0.25) is 0 Å². The molecule has 0 unspecified atom stereocenters. The summed E-state index contributed by atoms with van der Waals surface area (Å²) in [4.78, 5) is 16.0. The van der Waals surface area contributed by atoms with Crippen molar-refractivity contribution in [3.05, 3.63) is 78.3 Å². The van der Waals surface area contributed by atoms with Crippen LogP contribution < -0.4 is 10.4 Å². The van der Waals surface area contributed by atoms with Gasteiger partial charge in [-0.1, -0.05) is 18.2 Å². The summed E-state index contributed by atoms with van der Waals surface area (Å²) < 4.78 is 12.8. The van der Waals surface area contributed by atoms with Gasteiger partial charge in [0.1, 0.15) is 5.82 Å². The molecule has 1 N–H and O–H groups in total. The maximum atomic E-state index is 12.8. The fourth-order valence-corrected chi connectivity index (χ4v) is 2.07. The Morgan fingerprint density at radius 3 is 2.39 bits per heavy atom. The summed E-state index contributed by atoms with van der Waals surface area (Å²) in [6.45, 7) is 0.443. The van der Waals surface area contributed by atoms with Gasteiger partial charge < -0.3 is 0 Å². The lowest BCUT2D eigenvalue weighted by Crippen LogP contribution is -2.40. The van der Waals surface area contributed by atoms with Crippen LogP contribution in [0.4, 0.5) is 10.1 Å². The van der Waals surface area contributed by atoms with E-state index in [1.165, 1.54) is 24.3 Å². The number of benzene rings is 2. The topological polar surface area (TPSA) is 44.7 Å². The highest BCUT2D eigenvalue weighted by Crippen LogP contribution is 2.13. The van der Waals surface area contributed by atoms with Crippen LogP contribution in [0.25, 0.3) is 0 Å². The van der Waals surface area contributed by atoms with Gasteiger partial charge in [0.25, 0.3) is 5.91 Å². The predicted molar refractivity (Wildman–Crippen MR) is 91.5 cm³/mol. The van der Waals surface area contributed by atoms with Crippen LogP contribution in [0, 0.1) is 5.82 Å². The van der Waals surface area contributed by atoms with E-state index in [1.807, 2.05) is 41.5 Å². The molecule has 2 aromatic carbocycles. The Morgan fingerprint density at radius 2 is 1.78 bits per heavy atom. The summed E-state index contributed by atoms with van der Waals surface area (Å²) >= 11 is 0. The number of nitrogens with zero attached hydrogens (tertiary/aromatic N) is 2. The van der Waals surface area contributed by atoms with Gasteiger partial charge in [-0.15, -0.1) is 12.4 Å². The number of hydrazine groups is 1. The van der Waals surface area contributed by atoms with Crippen molar-refractivity contribution in [2.75, 3.05) is 11.6 Å². The number of carbonyl (C=O) groups is 1. The van der Waals surface area contributed by atoms with E-state index in [9.17, 15) is 9.18 Å². The van der Waals surface area contributed by atoms with Crippen LogP contribution in [0.1, 0.15) is 10.4 Å². The van der Waals surface area contributed by atoms with E-state index in [-0.39, 0.29) is 24.1 Å². The number of aliphatic imine (C=N–C) groups is 1. The highest BCUT2D eigenvalue weighted by atomic mass is 35.5. The highest BCUT2D eigenvalue weighted by Gasteiger charge is 2.11. The molecule has 1 aliphatic rings. The number of nitrogens with one attached hydrogen (secondary N) is 1. The molecular formula is C17H15ClFN3O. The Hall–Kier alpha value is -2.50. The van der Waals surface area contributed by atoms with Crippen LogP contribution >= 0.6 is 12.4 Å². The smallest absolute Gasteiger partial charge is 0.277 e. The zero-order valence-electron chi connectivity index (χ0n) is 12.1. The molecule has 0 saturated carbocycles. The molecule has 2 aromatic rings. The molecule has 0 fully saturated rings. The molecule has 1 amide bonds. The lowest BCUT2D eigenvalue weighted by molar-refractivity contribution is 0.100. The van der Waals surface area contributed by atoms with Gasteiger partial charge in [-0.05, 0) is 42.5 Å². The first kappa shape index (κ1) is 16.9. The summed E-state index contributed by atoms with van der Waals surface area (Å²) in [6, 6.07) is 15.2. The molecule has 4 nitrogen and oxygen atoms in total. The van der Waals surface area contributed by atoms with Gasteiger partial charge in [0.05, 0.1) is 17.9 Å². The van der Waals surface area contributed by atoms with E-state index < -0.39 is 0 Å². The van der Waals surface area contributed by atoms with Crippen LogP contribution in [0.2, 0.25) is 0 Å². The third-order valence-electron chi connectivity index (χ3n) is 3.22. The summed E-state index contributed by atoms with van der Waals surface area (Å²) in [5.74, 6) is -0.753. The molecule has 118 valence electrons. The maximum Gasteiger partial charge on any atom is 0.277 e. The second-order valence-corrected chi connectivity index (χ2v) is 4.77. The Balaban J connectivity index is 0.00000192. The van der Waals surface area contributed by atoms with Crippen molar-refractivity contribution >= 4 is 29.7 Å². The van der Waals surface area contributed by atoms with Gasteiger partial charge in [-0.25, -0.2) is 14.8 Å². The SMILES string of the molecule is Cl.O=C(N=C1C=CN(c2ccccc2)NC1)c1ccc(F)cc1. The van der Waals surface area contributed by atoms with Crippen molar-refractivity contribution < 1.29 is 9.18 Å². The first-order chi connectivity index (χ1) is 10.7. The van der Waals surface area contributed by atoms with Crippen molar-refractivity contribution in [1.82, 2.24) is 5.43 Å². The largest absolute Gasteiger partial charge is 0.284 e. The van der Waals surface area contributed by atoms with Gasteiger partial charge in [-0.2, -0.15) is 0 Å². The molecule has 0 aliphatic carbocycles. The molecule has 0 bridgehead atoms. The number of hydrogen-bond acceptors (Lipinski definition) is 3. The fourth-order valence-electron chi connectivity index (χ4n) is 2.07. The zero-order chi connectivity index (χ0) is 15.4. The normalized spacial score (nSPS) is 15.3. The van der Waals surface area contributed by atoms with E-state index in [1.54, 1.807) is 6.08 Å². The monoisotopic (exact) mass is 331 g/mol. The Kier molecular flexibility index (Phi) is 5.62. The molecule has 23 heavy (non-hydrogen) atoms. The number of rotatable bonds is 2.